The first kappa shape index (κ1) is 16.9. The summed E-state index contributed by atoms with van der Waals surface area (Å²) >= 11 is 0. The summed E-state index contributed by atoms with van der Waals surface area (Å²) in [4.78, 5) is 2.29. The van der Waals surface area contributed by atoms with Crippen molar-refractivity contribution in [1.82, 2.24) is 0 Å². The van der Waals surface area contributed by atoms with E-state index in [0.717, 1.165) is 17.1 Å². The van der Waals surface area contributed by atoms with Crippen LogP contribution in [0.1, 0.15) is 11.1 Å². The van der Waals surface area contributed by atoms with E-state index < -0.39 is 0 Å². The van der Waals surface area contributed by atoms with Crippen molar-refractivity contribution < 1.29 is 8.98 Å². The average molecular weight is 365 g/mol. The topological polar surface area (TPSA) is 20.3 Å². The monoisotopic (exact) mass is 365 g/mol. The molecule has 4 heteroatoms. The van der Waals surface area contributed by atoms with Gasteiger partial charge in [-0.2, -0.15) is 0 Å². The molecule has 0 atom stereocenters. The number of aryl methyl sites for hydroxylation is 2. The second-order valence-electron chi connectivity index (χ2n) is 7.48. The van der Waals surface area contributed by atoms with Crippen LogP contribution in [-0.2, 0) is 7.05 Å². The quantitative estimate of drug-likeness (QED) is 0.384. The summed E-state index contributed by atoms with van der Waals surface area (Å²) in [7, 11) is 2.10. The SMILES string of the molecule is CB1c2oc3ccccc3c2C=CN1c1cc(-c2ccccc2)c(C)c[n+]1C. The van der Waals surface area contributed by atoms with Gasteiger partial charge in [0.05, 0.1) is 19.4 Å². The minimum atomic E-state index is 0.116. The second-order valence-corrected chi connectivity index (χ2v) is 7.48. The zero-order valence-electron chi connectivity index (χ0n) is 16.4. The first-order valence-electron chi connectivity index (χ1n) is 9.67. The van der Waals surface area contributed by atoms with E-state index in [1.165, 1.54) is 27.6 Å². The first-order chi connectivity index (χ1) is 13.6. The summed E-state index contributed by atoms with van der Waals surface area (Å²) in [6.45, 7) is 4.48. The molecule has 0 bridgehead atoms. The van der Waals surface area contributed by atoms with Crippen LogP contribution in [-0.4, -0.2) is 6.85 Å². The van der Waals surface area contributed by atoms with Crippen molar-refractivity contribution in [3.63, 3.8) is 0 Å². The maximum atomic E-state index is 6.23. The Kier molecular flexibility index (Phi) is 3.87. The van der Waals surface area contributed by atoms with Crippen LogP contribution >= 0.6 is 0 Å². The third-order valence-electron chi connectivity index (χ3n) is 5.66. The fourth-order valence-electron chi connectivity index (χ4n) is 4.21. The number of nitrogens with zero attached hydrogens (tertiary/aromatic N) is 2. The zero-order valence-corrected chi connectivity index (χ0v) is 16.4. The van der Waals surface area contributed by atoms with Crippen molar-refractivity contribution in [3.8, 4) is 11.1 Å². The van der Waals surface area contributed by atoms with Crippen LogP contribution < -0.4 is 15.0 Å². The lowest BCUT2D eigenvalue weighted by atomic mass is 9.58. The lowest BCUT2D eigenvalue weighted by Crippen LogP contribution is -2.50. The molecule has 5 rings (SSSR count). The largest absolute Gasteiger partial charge is 0.465 e. The highest BCUT2D eigenvalue weighted by Crippen LogP contribution is 2.29. The number of pyridine rings is 1. The smallest absolute Gasteiger partial charge is 0.447 e. The van der Waals surface area contributed by atoms with Gasteiger partial charge in [0.15, 0.2) is 0 Å². The van der Waals surface area contributed by atoms with Crippen molar-refractivity contribution in [2.24, 2.45) is 7.05 Å². The molecule has 0 unspecified atom stereocenters. The highest BCUT2D eigenvalue weighted by molar-refractivity contribution is 6.76. The molecule has 0 saturated heterocycles. The van der Waals surface area contributed by atoms with E-state index in [2.05, 4.69) is 97.2 Å². The zero-order chi connectivity index (χ0) is 19.3. The second kappa shape index (κ2) is 6.41. The van der Waals surface area contributed by atoms with Gasteiger partial charge in [0.1, 0.15) is 11.2 Å². The van der Waals surface area contributed by atoms with Crippen LogP contribution in [0.4, 0.5) is 5.82 Å². The van der Waals surface area contributed by atoms with Crippen molar-refractivity contribution in [2.45, 2.75) is 13.7 Å². The average Bonchev–Trinajstić information content (AvgIpc) is 3.09. The molecule has 0 radical (unpaired) electrons. The molecule has 28 heavy (non-hydrogen) atoms. The number of furan rings is 1. The molecule has 3 heterocycles. The van der Waals surface area contributed by atoms with Gasteiger partial charge in [-0.25, -0.2) is 4.57 Å². The Labute approximate surface area is 165 Å². The Bertz CT molecular complexity index is 1210. The predicted molar refractivity (Wildman–Crippen MR) is 117 cm³/mol. The van der Waals surface area contributed by atoms with Crippen LogP contribution in [0.25, 0.3) is 28.2 Å². The molecular formula is C24H22BN2O+. The number of aromatic nitrogens is 1. The van der Waals surface area contributed by atoms with Gasteiger partial charge in [-0.1, -0.05) is 48.5 Å². The van der Waals surface area contributed by atoms with Crippen molar-refractivity contribution in [2.75, 3.05) is 4.81 Å². The molecule has 1 aliphatic rings. The van der Waals surface area contributed by atoms with Crippen molar-refractivity contribution >= 4 is 35.4 Å². The van der Waals surface area contributed by atoms with Gasteiger partial charge in [-0.3, -0.25) is 4.81 Å². The Morgan fingerprint density at radius 3 is 2.57 bits per heavy atom. The van der Waals surface area contributed by atoms with Gasteiger partial charge in [0, 0.05) is 17.0 Å². The molecular weight excluding hydrogens is 343 g/mol. The lowest BCUT2D eigenvalue weighted by molar-refractivity contribution is -0.658. The van der Waals surface area contributed by atoms with Gasteiger partial charge in [-0.15, -0.1) is 0 Å². The molecule has 0 aliphatic carbocycles. The van der Waals surface area contributed by atoms with Gasteiger partial charge in [-0.05, 0) is 42.6 Å². The molecule has 0 amide bonds. The van der Waals surface area contributed by atoms with E-state index in [-0.39, 0.29) is 6.85 Å². The number of hydrogen-bond acceptors (Lipinski definition) is 2. The van der Waals surface area contributed by atoms with Crippen LogP contribution in [0.15, 0.2) is 77.5 Å². The van der Waals surface area contributed by atoms with Gasteiger partial charge in [0.25, 0.3) is 5.82 Å². The van der Waals surface area contributed by atoms with Gasteiger partial charge >= 0.3 is 6.85 Å². The molecule has 0 fully saturated rings. The van der Waals surface area contributed by atoms with Crippen molar-refractivity contribution in [3.05, 3.63) is 84.2 Å². The summed E-state index contributed by atoms with van der Waals surface area (Å²) in [6, 6.07) is 21.1. The van der Waals surface area contributed by atoms with E-state index in [4.69, 9.17) is 4.42 Å². The molecule has 3 nitrogen and oxygen atoms in total. The highest BCUT2D eigenvalue weighted by Gasteiger charge is 2.37. The summed E-state index contributed by atoms with van der Waals surface area (Å²) in [5.74, 6) is 1.14. The number of benzene rings is 2. The predicted octanol–water partition coefficient (Wildman–Crippen LogP) is 4.55. The minimum Gasteiger partial charge on any atom is -0.465 e. The standard InChI is InChI=1S/C24H22BN2O/c1-17-16-26(3)23(15-21(17)18-9-5-4-6-10-18)27-14-13-20-19-11-7-8-12-22(19)28-24(20)25(27)2/h4-16H,1-3H3/q+1. The van der Waals surface area contributed by atoms with E-state index in [0.29, 0.717) is 0 Å². The molecule has 0 saturated carbocycles. The van der Waals surface area contributed by atoms with Crippen LogP contribution in [0.3, 0.4) is 0 Å². The molecule has 2 aromatic carbocycles. The van der Waals surface area contributed by atoms with Gasteiger partial charge < -0.3 is 4.42 Å². The fraction of sp³-hybridized carbons (Fsp3) is 0.125. The first-order valence-corrected chi connectivity index (χ1v) is 9.67. The molecule has 1 aliphatic heterocycles. The normalized spacial score (nSPS) is 13.2. The maximum absolute atomic E-state index is 6.23. The maximum Gasteiger partial charge on any atom is 0.447 e. The number of anilines is 1. The van der Waals surface area contributed by atoms with E-state index >= 15 is 0 Å². The Morgan fingerprint density at radius 2 is 1.75 bits per heavy atom. The van der Waals surface area contributed by atoms with E-state index in [1.807, 2.05) is 12.1 Å². The highest BCUT2D eigenvalue weighted by atomic mass is 16.3. The molecule has 4 aromatic rings. The van der Waals surface area contributed by atoms with Crippen LogP contribution in [0.5, 0.6) is 0 Å². The Morgan fingerprint density at radius 1 is 1.00 bits per heavy atom. The van der Waals surface area contributed by atoms with E-state index in [1.54, 1.807) is 0 Å². The molecule has 2 aromatic heterocycles. The summed E-state index contributed by atoms with van der Waals surface area (Å²) in [6.07, 6.45) is 6.55. The number of para-hydroxylation sites is 1. The molecule has 0 spiro atoms. The third kappa shape index (κ3) is 2.56. The Balaban J connectivity index is 1.62. The Hall–Kier alpha value is -3.27. The minimum absolute atomic E-state index is 0.116. The number of rotatable bonds is 2. The van der Waals surface area contributed by atoms with E-state index in [9.17, 15) is 0 Å². The summed E-state index contributed by atoms with van der Waals surface area (Å²) in [5, 5.41) is 1.18. The lowest BCUT2D eigenvalue weighted by Gasteiger charge is -2.22. The summed E-state index contributed by atoms with van der Waals surface area (Å²) < 4.78 is 8.42. The van der Waals surface area contributed by atoms with Crippen molar-refractivity contribution in [1.29, 1.82) is 0 Å². The number of hydrogen-bond donors (Lipinski definition) is 0. The fourth-order valence-corrected chi connectivity index (χ4v) is 4.21. The molecule has 136 valence electrons. The molecule has 0 N–H and O–H groups in total. The van der Waals surface area contributed by atoms with Crippen LogP contribution in [0, 0.1) is 6.92 Å². The van der Waals surface area contributed by atoms with Crippen LogP contribution in [0.2, 0.25) is 6.82 Å². The number of fused-ring (bicyclic) bond motifs is 3. The third-order valence-corrected chi connectivity index (χ3v) is 5.66. The summed E-state index contributed by atoms with van der Waals surface area (Å²) in [5.41, 5.74) is 6.91. The van der Waals surface area contributed by atoms with Gasteiger partial charge in [0.2, 0.25) is 0 Å².